The second kappa shape index (κ2) is 4.20. The minimum absolute atomic E-state index is 0.0319. The monoisotopic (exact) mass is 225 g/mol. The fourth-order valence-corrected chi connectivity index (χ4v) is 1.50. The normalized spacial score (nSPS) is 10.9. The maximum Gasteiger partial charge on any atom is 0.265 e. The summed E-state index contributed by atoms with van der Waals surface area (Å²) < 4.78 is 24.7. The van der Waals surface area contributed by atoms with Crippen LogP contribution in [0.3, 0.4) is 0 Å². The van der Waals surface area contributed by atoms with Gasteiger partial charge >= 0.3 is 0 Å². The predicted molar refractivity (Wildman–Crippen MR) is 48.5 cm³/mol. The van der Waals surface area contributed by atoms with E-state index in [1.54, 1.807) is 6.92 Å². The zero-order chi connectivity index (χ0) is 10.0. The van der Waals surface area contributed by atoms with E-state index in [9.17, 15) is 8.78 Å². The van der Waals surface area contributed by atoms with E-state index in [4.69, 9.17) is 23.2 Å². The fourth-order valence-electron chi connectivity index (χ4n) is 0.997. The molecule has 0 radical (unpaired) electrons. The van der Waals surface area contributed by atoms with Gasteiger partial charge in [-0.2, -0.15) is 0 Å². The Kier molecular flexibility index (Phi) is 3.45. The van der Waals surface area contributed by atoms with E-state index in [0.717, 1.165) is 0 Å². The summed E-state index contributed by atoms with van der Waals surface area (Å²) in [5.41, 5.74) is 0.596. The van der Waals surface area contributed by atoms with Gasteiger partial charge in [0.2, 0.25) is 0 Å². The van der Waals surface area contributed by atoms with Gasteiger partial charge in [0.15, 0.2) is 0 Å². The number of hydrogen-bond acceptors (Lipinski definition) is 1. The molecule has 0 aromatic carbocycles. The lowest BCUT2D eigenvalue weighted by atomic mass is 10.2. The molecule has 0 aliphatic carbocycles. The molecule has 0 saturated heterocycles. The Morgan fingerprint density at radius 2 is 2.15 bits per heavy atom. The maximum absolute atomic E-state index is 12.4. The van der Waals surface area contributed by atoms with Crippen LogP contribution >= 0.6 is 23.2 Å². The van der Waals surface area contributed by atoms with Crippen LogP contribution < -0.4 is 0 Å². The van der Waals surface area contributed by atoms with Gasteiger partial charge in [-0.1, -0.05) is 11.6 Å². The van der Waals surface area contributed by atoms with E-state index >= 15 is 0 Å². The third-order valence-electron chi connectivity index (χ3n) is 1.54. The van der Waals surface area contributed by atoms with Gasteiger partial charge in [-0.25, -0.2) is 8.78 Å². The topological polar surface area (TPSA) is 12.9 Å². The molecule has 13 heavy (non-hydrogen) atoms. The number of rotatable bonds is 2. The van der Waals surface area contributed by atoms with E-state index in [1.807, 2.05) is 0 Å². The lowest BCUT2D eigenvalue weighted by Crippen LogP contribution is -1.96. The summed E-state index contributed by atoms with van der Waals surface area (Å²) in [7, 11) is 0. The van der Waals surface area contributed by atoms with Crippen molar-refractivity contribution in [1.29, 1.82) is 0 Å². The van der Waals surface area contributed by atoms with Crippen molar-refractivity contribution in [2.24, 2.45) is 0 Å². The van der Waals surface area contributed by atoms with Crippen LogP contribution in [0.4, 0.5) is 8.78 Å². The third-order valence-corrected chi connectivity index (χ3v) is 2.23. The lowest BCUT2D eigenvalue weighted by molar-refractivity contribution is 0.151. The summed E-state index contributed by atoms with van der Waals surface area (Å²) in [5.74, 6) is 0.0419. The predicted octanol–water partition coefficient (Wildman–Crippen LogP) is 3.72. The molecule has 0 fully saturated rings. The van der Waals surface area contributed by atoms with Crippen LogP contribution in [0.2, 0.25) is 5.02 Å². The highest BCUT2D eigenvalue weighted by molar-refractivity contribution is 6.32. The summed E-state index contributed by atoms with van der Waals surface area (Å²) in [6.45, 7) is 1.62. The summed E-state index contributed by atoms with van der Waals surface area (Å²) in [6, 6.07) is 1.27. The Balaban J connectivity index is 3.27. The molecule has 1 rings (SSSR count). The second-order valence-corrected chi connectivity index (χ2v) is 3.19. The smallest absolute Gasteiger partial charge is 0.255 e. The van der Waals surface area contributed by atoms with Crippen LogP contribution in [0, 0.1) is 6.92 Å². The van der Waals surface area contributed by atoms with Gasteiger partial charge < -0.3 is 0 Å². The highest BCUT2D eigenvalue weighted by Gasteiger charge is 2.16. The van der Waals surface area contributed by atoms with E-state index < -0.39 is 6.43 Å². The van der Waals surface area contributed by atoms with Gasteiger partial charge in [-0.3, -0.25) is 4.98 Å². The molecule has 1 heterocycles. The largest absolute Gasteiger partial charge is 0.265 e. The van der Waals surface area contributed by atoms with Gasteiger partial charge in [-0.15, -0.1) is 11.6 Å². The Labute approximate surface area is 84.7 Å². The number of aromatic nitrogens is 1. The molecule has 0 bridgehead atoms. The van der Waals surface area contributed by atoms with Gasteiger partial charge in [0.25, 0.3) is 6.43 Å². The number of nitrogens with zero attached hydrogens (tertiary/aromatic N) is 1. The van der Waals surface area contributed by atoms with Crippen molar-refractivity contribution in [2.75, 3.05) is 0 Å². The first-order chi connectivity index (χ1) is 6.06. The van der Waals surface area contributed by atoms with Crippen molar-refractivity contribution in [3.05, 3.63) is 28.0 Å². The summed E-state index contributed by atoms with van der Waals surface area (Å²) in [5, 5.41) is -0.0319. The van der Waals surface area contributed by atoms with Crippen LogP contribution in [-0.4, -0.2) is 4.98 Å². The zero-order valence-electron chi connectivity index (χ0n) is 6.82. The number of aryl methyl sites for hydroxylation is 1. The second-order valence-electron chi connectivity index (χ2n) is 2.55. The van der Waals surface area contributed by atoms with Crippen LogP contribution in [-0.2, 0) is 5.88 Å². The molecule has 72 valence electrons. The Hall–Kier alpha value is -0.410. The summed E-state index contributed by atoms with van der Waals surface area (Å²) >= 11 is 11.1. The molecule has 0 atom stereocenters. The molecule has 0 unspecified atom stereocenters. The van der Waals surface area contributed by atoms with Crippen molar-refractivity contribution < 1.29 is 8.78 Å². The van der Waals surface area contributed by atoms with E-state index in [-0.39, 0.29) is 16.5 Å². The average Bonchev–Trinajstić information content (AvgIpc) is 2.08. The number of hydrogen-bond donors (Lipinski definition) is 0. The highest BCUT2D eigenvalue weighted by atomic mass is 35.5. The Morgan fingerprint density at radius 3 is 2.62 bits per heavy atom. The minimum Gasteiger partial charge on any atom is -0.255 e. The maximum atomic E-state index is 12.4. The molecular formula is C8H7Cl2F2N. The SMILES string of the molecule is Cc1cc(C(F)F)c(Cl)c(CCl)n1. The molecule has 0 amide bonds. The molecule has 0 spiro atoms. The lowest BCUT2D eigenvalue weighted by Gasteiger charge is -2.07. The number of halogens is 4. The first-order valence-corrected chi connectivity index (χ1v) is 4.47. The molecular weight excluding hydrogens is 219 g/mol. The molecule has 1 nitrogen and oxygen atoms in total. The minimum atomic E-state index is -2.59. The Morgan fingerprint density at radius 1 is 1.54 bits per heavy atom. The van der Waals surface area contributed by atoms with Crippen molar-refractivity contribution in [1.82, 2.24) is 4.98 Å². The number of alkyl halides is 3. The first-order valence-electron chi connectivity index (χ1n) is 3.56. The van der Waals surface area contributed by atoms with Crippen LogP contribution in [0.25, 0.3) is 0 Å². The summed E-state index contributed by atoms with van der Waals surface area (Å²) in [4.78, 5) is 3.94. The fraction of sp³-hybridized carbons (Fsp3) is 0.375. The van der Waals surface area contributed by atoms with E-state index in [0.29, 0.717) is 11.4 Å². The molecule has 0 aliphatic rings. The average molecular weight is 226 g/mol. The molecule has 0 aliphatic heterocycles. The quantitative estimate of drug-likeness (QED) is 0.700. The van der Waals surface area contributed by atoms with E-state index in [2.05, 4.69) is 4.98 Å². The van der Waals surface area contributed by atoms with Crippen molar-refractivity contribution in [2.45, 2.75) is 19.2 Å². The molecule has 0 saturated carbocycles. The van der Waals surface area contributed by atoms with Crippen molar-refractivity contribution in [3.8, 4) is 0 Å². The zero-order valence-corrected chi connectivity index (χ0v) is 8.33. The molecule has 1 aromatic rings. The molecule has 5 heteroatoms. The van der Waals surface area contributed by atoms with Gasteiger partial charge in [0.1, 0.15) is 0 Å². The molecule has 1 aromatic heterocycles. The highest BCUT2D eigenvalue weighted by Crippen LogP contribution is 2.30. The van der Waals surface area contributed by atoms with Gasteiger partial charge in [0.05, 0.1) is 16.6 Å². The first kappa shape index (κ1) is 10.7. The Bertz CT molecular complexity index is 315. The standard InChI is InChI=1S/C8H7Cl2F2N/c1-4-2-5(8(11)12)7(10)6(3-9)13-4/h2,8H,3H2,1H3. The third kappa shape index (κ3) is 2.29. The van der Waals surface area contributed by atoms with Crippen LogP contribution in [0.5, 0.6) is 0 Å². The molecule has 0 N–H and O–H groups in total. The summed E-state index contributed by atoms with van der Waals surface area (Å²) in [6.07, 6.45) is -2.59. The van der Waals surface area contributed by atoms with Crippen LogP contribution in [0.1, 0.15) is 23.4 Å². The van der Waals surface area contributed by atoms with Gasteiger partial charge in [-0.05, 0) is 13.0 Å². The van der Waals surface area contributed by atoms with Gasteiger partial charge in [0, 0.05) is 11.3 Å². The van der Waals surface area contributed by atoms with Crippen molar-refractivity contribution >= 4 is 23.2 Å². The van der Waals surface area contributed by atoms with Crippen LogP contribution in [0.15, 0.2) is 6.07 Å². The van der Waals surface area contributed by atoms with E-state index in [1.165, 1.54) is 6.07 Å². The van der Waals surface area contributed by atoms with Crippen molar-refractivity contribution in [3.63, 3.8) is 0 Å². The number of pyridine rings is 1.